The van der Waals surface area contributed by atoms with Crippen LogP contribution in [-0.4, -0.2) is 11.8 Å². The number of halogens is 1. The van der Waals surface area contributed by atoms with Crippen LogP contribution >= 0.6 is 11.6 Å². The van der Waals surface area contributed by atoms with E-state index in [1.807, 2.05) is 0 Å². The third-order valence-corrected chi connectivity index (χ3v) is 2.08. The Kier molecular flexibility index (Phi) is 4.72. The summed E-state index contributed by atoms with van der Waals surface area (Å²) in [5.41, 5.74) is 5.85. The predicted molar refractivity (Wildman–Crippen MR) is 66.5 cm³/mol. The van der Waals surface area contributed by atoms with Gasteiger partial charge in [-0.05, 0) is 38.1 Å². The Morgan fingerprint density at radius 1 is 1.12 bits per heavy atom. The number of allylic oxidation sites excluding steroid dienone is 1. The van der Waals surface area contributed by atoms with Crippen molar-refractivity contribution >= 4 is 23.4 Å². The normalized spacial score (nSPS) is 9.35. The topological polar surface area (TPSA) is 58.2 Å². The minimum atomic E-state index is -0.392. The third kappa shape index (κ3) is 4.70. The summed E-state index contributed by atoms with van der Waals surface area (Å²) < 4.78 is 0. The second kappa shape index (κ2) is 6.06. The summed E-state index contributed by atoms with van der Waals surface area (Å²) in [7, 11) is 0. The lowest BCUT2D eigenvalue weighted by Crippen LogP contribution is -2.40. The Morgan fingerprint density at radius 2 is 1.71 bits per heavy atom. The highest BCUT2D eigenvalue weighted by Gasteiger charge is 2.05. The number of hydrogen-bond donors (Lipinski definition) is 2. The summed E-state index contributed by atoms with van der Waals surface area (Å²) in [5.74, 6) is -0.760. The fourth-order valence-corrected chi connectivity index (χ4v) is 1.22. The van der Waals surface area contributed by atoms with Crippen LogP contribution in [0.2, 0.25) is 5.02 Å². The van der Waals surface area contributed by atoms with E-state index in [2.05, 4.69) is 10.9 Å². The van der Waals surface area contributed by atoms with Crippen molar-refractivity contribution < 1.29 is 9.59 Å². The zero-order valence-electron chi connectivity index (χ0n) is 9.58. The van der Waals surface area contributed by atoms with Crippen LogP contribution in [0.1, 0.15) is 24.2 Å². The molecule has 1 aromatic carbocycles. The molecular formula is C12H13ClN2O2. The third-order valence-electron chi connectivity index (χ3n) is 1.83. The van der Waals surface area contributed by atoms with Crippen LogP contribution in [-0.2, 0) is 4.79 Å². The summed E-state index contributed by atoms with van der Waals surface area (Å²) in [4.78, 5) is 22.8. The Balaban J connectivity index is 2.53. The number of hydrogen-bond acceptors (Lipinski definition) is 2. The lowest BCUT2D eigenvalue weighted by molar-refractivity contribution is -0.117. The number of carbonyl (C=O) groups is 2. The molecule has 5 heteroatoms. The maximum Gasteiger partial charge on any atom is 0.269 e. The van der Waals surface area contributed by atoms with Gasteiger partial charge in [0.15, 0.2) is 0 Å². The summed E-state index contributed by atoms with van der Waals surface area (Å²) in [5, 5.41) is 0.551. The van der Waals surface area contributed by atoms with Crippen LogP contribution in [0.3, 0.4) is 0 Å². The van der Waals surface area contributed by atoms with Gasteiger partial charge in [0.1, 0.15) is 0 Å². The Labute approximate surface area is 105 Å². The average molecular weight is 253 g/mol. The van der Waals surface area contributed by atoms with E-state index in [0.29, 0.717) is 10.6 Å². The van der Waals surface area contributed by atoms with E-state index >= 15 is 0 Å². The molecule has 17 heavy (non-hydrogen) atoms. The van der Waals surface area contributed by atoms with Gasteiger partial charge in [0.05, 0.1) is 0 Å². The van der Waals surface area contributed by atoms with Gasteiger partial charge < -0.3 is 0 Å². The second-order valence-corrected chi connectivity index (χ2v) is 4.11. The molecule has 0 atom stereocenters. The molecule has 0 aliphatic rings. The Hall–Kier alpha value is -1.81. The molecule has 2 N–H and O–H groups in total. The molecule has 90 valence electrons. The van der Waals surface area contributed by atoms with Crippen molar-refractivity contribution in [2.45, 2.75) is 13.8 Å². The van der Waals surface area contributed by atoms with Gasteiger partial charge in [0.2, 0.25) is 0 Å². The fourth-order valence-electron chi connectivity index (χ4n) is 1.09. The molecule has 0 aliphatic carbocycles. The SMILES string of the molecule is CC(C)=CC(=O)NNC(=O)c1ccc(Cl)cc1. The first-order valence-corrected chi connectivity index (χ1v) is 5.37. The molecule has 0 radical (unpaired) electrons. The first-order valence-electron chi connectivity index (χ1n) is 5.00. The van der Waals surface area contributed by atoms with Crippen LogP contribution in [0.5, 0.6) is 0 Å². The smallest absolute Gasteiger partial charge is 0.268 e. The van der Waals surface area contributed by atoms with Gasteiger partial charge in [-0.15, -0.1) is 0 Å². The van der Waals surface area contributed by atoms with Gasteiger partial charge in [0.25, 0.3) is 11.8 Å². The minimum Gasteiger partial charge on any atom is -0.268 e. The predicted octanol–water partition coefficient (Wildman–Crippen LogP) is 2.07. The lowest BCUT2D eigenvalue weighted by atomic mass is 10.2. The van der Waals surface area contributed by atoms with Crippen molar-refractivity contribution in [2.75, 3.05) is 0 Å². The van der Waals surface area contributed by atoms with E-state index in [0.717, 1.165) is 5.57 Å². The lowest BCUT2D eigenvalue weighted by Gasteiger charge is -2.05. The van der Waals surface area contributed by atoms with E-state index in [1.165, 1.54) is 6.08 Å². The van der Waals surface area contributed by atoms with Gasteiger partial charge >= 0.3 is 0 Å². The van der Waals surface area contributed by atoms with E-state index in [-0.39, 0.29) is 5.91 Å². The van der Waals surface area contributed by atoms with Crippen molar-refractivity contribution in [3.8, 4) is 0 Å². The Morgan fingerprint density at radius 3 is 2.24 bits per heavy atom. The quantitative estimate of drug-likeness (QED) is 0.625. The number of carbonyl (C=O) groups excluding carboxylic acids is 2. The summed E-state index contributed by atoms with van der Waals surface area (Å²) in [6, 6.07) is 6.36. The molecule has 0 heterocycles. The minimum absolute atomic E-state index is 0.368. The van der Waals surface area contributed by atoms with E-state index in [1.54, 1.807) is 38.1 Å². The average Bonchev–Trinajstić information content (AvgIpc) is 2.26. The maximum atomic E-state index is 11.6. The highest BCUT2D eigenvalue weighted by atomic mass is 35.5. The molecule has 2 amide bonds. The maximum absolute atomic E-state index is 11.6. The van der Waals surface area contributed by atoms with Crippen LogP contribution in [0.25, 0.3) is 0 Å². The van der Waals surface area contributed by atoms with Crippen molar-refractivity contribution in [2.24, 2.45) is 0 Å². The highest BCUT2D eigenvalue weighted by Crippen LogP contribution is 2.08. The monoisotopic (exact) mass is 252 g/mol. The van der Waals surface area contributed by atoms with Crippen molar-refractivity contribution in [3.05, 3.63) is 46.5 Å². The number of amides is 2. The van der Waals surface area contributed by atoms with E-state index in [4.69, 9.17) is 11.6 Å². The largest absolute Gasteiger partial charge is 0.269 e. The van der Waals surface area contributed by atoms with Gasteiger partial charge in [-0.1, -0.05) is 17.2 Å². The number of benzene rings is 1. The summed E-state index contributed by atoms with van der Waals surface area (Å²) >= 11 is 5.69. The van der Waals surface area contributed by atoms with Gasteiger partial charge in [-0.25, -0.2) is 0 Å². The van der Waals surface area contributed by atoms with E-state index < -0.39 is 5.91 Å². The molecule has 0 unspecified atom stereocenters. The molecule has 0 aliphatic heterocycles. The number of rotatable bonds is 2. The zero-order valence-corrected chi connectivity index (χ0v) is 10.3. The Bertz CT molecular complexity index is 448. The van der Waals surface area contributed by atoms with Crippen molar-refractivity contribution in [3.63, 3.8) is 0 Å². The van der Waals surface area contributed by atoms with E-state index in [9.17, 15) is 9.59 Å². The first kappa shape index (κ1) is 13.3. The molecule has 4 nitrogen and oxygen atoms in total. The van der Waals surface area contributed by atoms with Gasteiger partial charge in [-0.3, -0.25) is 20.4 Å². The molecular weight excluding hydrogens is 240 g/mol. The molecule has 0 bridgehead atoms. The molecule has 0 saturated heterocycles. The molecule has 1 aromatic rings. The molecule has 0 saturated carbocycles. The molecule has 0 aromatic heterocycles. The molecule has 0 spiro atoms. The fraction of sp³-hybridized carbons (Fsp3) is 0.167. The zero-order chi connectivity index (χ0) is 12.8. The molecule has 0 fully saturated rings. The van der Waals surface area contributed by atoms with Crippen molar-refractivity contribution in [1.29, 1.82) is 0 Å². The standard InChI is InChI=1S/C12H13ClN2O2/c1-8(2)7-11(16)14-15-12(17)9-3-5-10(13)6-4-9/h3-7H,1-2H3,(H,14,16)(H,15,17). The summed E-state index contributed by atoms with van der Waals surface area (Å²) in [6.45, 7) is 3.58. The molecule has 1 rings (SSSR count). The second-order valence-electron chi connectivity index (χ2n) is 3.67. The van der Waals surface area contributed by atoms with Crippen molar-refractivity contribution in [1.82, 2.24) is 10.9 Å². The highest BCUT2D eigenvalue weighted by molar-refractivity contribution is 6.30. The number of nitrogens with one attached hydrogen (secondary N) is 2. The number of hydrazine groups is 1. The van der Waals surface area contributed by atoms with Crippen LogP contribution < -0.4 is 10.9 Å². The van der Waals surface area contributed by atoms with Gasteiger partial charge in [-0.2, -0.15) is 0 Å². The van der Waals surface area contributed by atoms with Crippen LogP contribution in [0, 0.1) is 0 Å². The van der Waals surface area contributed by atoms with Crippen LogP contribution in [0.15, 0.2) is 35.9 Å². The first-order chi connectivity index (χ1) is 7.99. The van der Waals surface area contributed by atoms with Gasteiger partial charge in [0, 0.05) is 16.7 Å². The van der Waals surface area contributed by atoms with Crippen LogP contribution in [0.4, 0.5) is 0 Å². The summed E-state index contributed by atoms with van der Waals surface area (Å²) in [6.07, 6.45) is 1.39.